The van der Waals surface area contributed by atoms with Gasteiger partial charge >= 0.3 is 5.97 Å². The highest BCUT2D eigenvalue weighted by Crippen LogP contribution is 2.19. The number of hydrogen-bond donors (Lipinski definition) is 3. The van der Waals surface area contributed by atoms with Crippen LogP contribution in [0.25, 0.3) is 0 Å². The SMILES string of the molecule is CC1CCNC1C(=O)NCC1CCC(C(=O)O)O1. The van der Waals surface area contributed by atoms with Crippen molar-refractivity contribution in [1.29, 1.82) is 0 Å². The number of hydrogen-bond acceptors (Lipinski definition) is 4. The minimum absolute atomic E-state index is 0.0117. The van der Waals surface area contributed by atoms with Gasteiger partial charge in [0.15, 0.2) is 6.10 Å². The molecule has 0 spiro atoms. The third kappa shape index (κ3) is 3.00. The maximum absolute atomic E-state index is 11.9. The van der Waals surface area contributed by atoms with Gasteiger partial charge in [0, 0.05) is 6.54 Å². The Balaban J connectivity index is 1.72. The topological polar surface area (TPSA) is 87.7 Å². The van der Waals surface area contributed by atoms with Crippen molar-refractivity contribution in [2.24, 2.45) is 5.92 Å². The summed E-state index contributed by atoms with van der Waals surface area (Å²) in [7, 11) is 0. The molecule has 0 aliphatic carbocycles. The Bertz CT molecular complexity index is 334. The third-order valence-electron chi connectivity index (χ3n) is 3.70. The van der Waals surface area contributed by atoms with Crippen molar-refractivity contribution in [2.75, 3.05) is 13.1 Å². The Morgan fingerprint density at radius 1 is 1.39 bits per heavy atom. The largest absolute Gasteiger partial charge is 0.479 e. The van der Waals surface area contributed by atoms with E-state index >= 15 is 0 Å². The molecule has 0 saturated carbocycles. The Morgan fingerprint density at radius 2 is 2.17 bits per heavy atom. The first kappa shape index (κ1) is 13.3. The molecule has 0 aromatic carbocycles. The number of rotatable bonds is 4. The summed E-state index contributed by atoms with van der Waals surface area (Å²) in [5, 5.41) is 14.8. The second-order valence-electron chi connectivity index (χ2n) is 5.11. The van der Waals surface area contributed by atoms with E-state index in [0.29, 0.717) is 25.3 Å². The van der Waals surface area contributed by atoms with Crippen LogP contribution >= 0.6 is 0 Å². The average Bonchev–Trinajstić information content (AvgIpc) is 2.94. The summed E-state index contributed by atoms with van der Waals surface area (Å²) in [6, 6.07) is -0.123. The van der Waals surface area contributed by atoms with Crippen molar-refractivity contribution >= 4 is 11.9 Å². The molecule has 2 saturated heterocycles. The molecule has 2 fully saturated rings. The van der Waals surface area contributed by atoms with Crippen LogP contribution in [0.5, 0.6) is 0 Å². The lowest BCUT2D eigenvalue weighted by molar-refractivity contribution is -0.149. The molecule has 0 aromatic rings. The fraction of sp³-hybridized carbons (Fsp3) is 0.833. The normalized spacial score (nSPS) is 35.6. The standard InChI is InChI=1S/C12H20N2O4/c1-7-4-5-13-10(7)11(15)14-6-8-2-3-9(18-8)12(16)17/h7-10,13H,2-6H2,1H3,(H,14,15)(H,16,17). The van der Waals surface area contributed by atoms with Crippen LogP contribution in [-0.2, 0) is 14.3 Å². The number of carboxylic acids is 1. The van der Waals surface area contributed by atoms with Gasteiger partial charge in [0.1, 0.15) is 0 Å². The number of carbonyl (C=O) groups excluding carboxylic acids is 1. The van der Waals surface area contributed by atoms with Crippen molar-refractivity contribution < 1.29 is 19.4 Å². The van der Waals surface area contributed by atoms with E-state index in [2.05, 4.69) is 17.6 Å². The monoisotopic (exact) mass is 256 g/mol. The molecule has 2 rings (SSSR count). The van der Waals surface area contributed by atoms with Gasteiger partial charge in [-0.2, -0.15) is 0 Å². The molecular weight excluding hydrogens is 236 g/mol. The lowest BCUT2D eigenvalue weighted by Crippen LogP contribution is -2.45. The first-order valence-electron chi connectivity index (χ1n) is 6.47. The molecule has 3 N–H and O–H groups in total. The molecule has 6 heteroatoms. The number of aliphatic carboxylic acids is 1. The molecule has 1 amide bonds. The van der Waals surface area contributed by atoms with Gasteiger partial charge in [0.25, 0.3) is 0 Å². The zero-order chi connectivity index (χ0) is 13.1. The molecule has 102 valence electrons. The van der Waals surface area contributed by atoms with Gasteiger partial charge in [-0.3, -0.25) is 4.79 Å². The fourth-order valence-electron chi connectivity index (χ4n) is 2.55. The van der Waals surface area contributed by atoms with E-state index in [1.165, 1.54) is 0 Å². The van der Waals surface area contributed by atoms with Gasteiger partial charge < -0.3 is 20.5 Å². The molecule has 18 heavy (non-hydrogen) atoms. The van der Waals surface area contributed by atoms with E-state index < -0.39 is 12.1 Å². The second-order valence-corrected chi connectivity index (χ2v) is 5.11. The molecule has 0 aromatic heterocycles. The van der Waals surface area contributed by atoms with Crippen LogP contribution in [0, 0.1) is 5.92 Å². The van der Waals surface area contributed by atoms with Gasteiger partial charge in [-0.15, -0.1) is 0 Å². The smallest absolute Gasteiger partial charge is 0.332 e. The number of amides is 1. The van der Waals surface area contributed by atoms with Gasteiger partial charge in [0.2, 0.25) is 5.91 Å². The van der Waals surface area contributed by atoms with Crippen LogP contribution in [0.1, 0.15) is 26.2 Å². The fourth-order valence-corrected chi connectivity index (χ4v) is 2.55. The van der Waals surface area contributed by atoms with Crippen LogP contribution in [-0.4, -0.2) is 48.3 Å². The van der Waals surface area contributed by atoms with Crippen LogP contribution < -0.4 is 10.6 Å². The van der Waals surface area contributed by atoms with E-state index in [9.17, 15) is 9.59 Å². The average molecular weight is 256 g/mol. The highest BCUT2D eigenvalue weighted by atomic mass is 16.5. The lowest BCUT2D eigenvalue weighted by atomic mass is 10.0. The number of ether oxygens (including phenoxy) is 1. The van der Waals surface area contributed by atoms with Gasteiger partial charge in [-0.1, -0.05) is 6.92 Å². The third-order valence-corrected chi connectivity index (χ3v) is 3.70. The van der Waals surface area contributed by atoms with Crippen LogP contribution in [0.4, 0.5) is 0 Å². The molecule has 2 heterocycles. The van der Waals surface area contributed by atoms with Crippen molar-refractivity contribution in [2.45, 2.75) is 44.4 Å². The van der Waals surface area contributed by atoms with E-state index in [4.69, 9.17) is 9.84 Å². The summed E-state index contributed by atoms with van der Waals surface area (Å²) in [6.45, 7) is 3.32. The summed E-state index contributed by atoms with van der Waals surface area (Å²) in [5.41, 5.74) is 0. The zero-order valence-corrected chi connectivity index (χ0v) is 10.5. The lowest BCUT2D eigenvalue weighted by Gasteiger charge is -2.17. The van der Waals surface area contributed by atoms with E-state index in [1.807, 2.05) is 0 Å². The summed E-state index contributed by atoms with van der Waals surface area (Å²) in [6.07, 6.45) is 1.33. The van der Waals surface area contributed by atoms with E-state index in [0.717, 1.165) is 13.0 Å². The molecule has 2 aliphatic heterocycles. The Hall–Kier alpha value is -1.14. The predicted octanol–water partition coefficient (Wildman–Crippen LogP) is -0.267. The molecule has 0 bridgehead atoms. The van der Waals surface area contributed by atoms with Crippen molar-refractivity contribution in [1.82, 2.24) is 10.6 Å². The summed E-state index contributed by atoms with van der Waals surface area (Å²) in [4.78, 5) is 22.6. The highest BCUT2D eigenvalue weighted by Gasteiger charge is 2.32. The molecule has 6 nitrogen and oxygen atoms in total. The molecular formula is C12H20N2O4. The second kappa shape index (κ2) is 5.67. The molecule has 0 radical (unpaired) electrons. The van der Waals surface area contributed by atoms with Gasteiger partial charge in [0.05, 0.1) is 12.1 Å². The predicted molar refractivity (Wildman–Crippen MR) is 64.1 cm³/mol. The number of carbonyl (C=O) groups is 2. The quantitative estimate of drug-likeness (QED) is 0.644. The minimum Gasteiger partial charge on any atom is -0.479 e. The molecule has 4 atom stereocenters. The van der Waals surface area contributed by atoms with Crippen molar-refractivity contribution in [3.05, 3.63) is 0 Å². The van der Waals surface area contributed by atoms with Crippen LogP contribution in [0.3, 0.4) is 0 Å². The van der Waals surface area contributed by atoms with Gasteiger partial charge in [-0.05, 0) is 31.7 Å². The Kier molecular flexibility index (Phi) is 4.19. The summed E-state index contributed by atoms with van der Waals surface area (Å²) < 4.78 is 5.33. The van der Waals surface area contributed by atoms with Gasteiger partial charge in [-0.25, -0.2) is 4.79 Å². The summed E-state index contributed by atoms with van der Waals surface area (Å²) >= 11 is 0. The Labute approximate surface area is 106 Å². The first-order chi connectivity index (χ1) is 8.58. The Morgan fingerprint density at radius 3 is 2.72 bits per heavy atom. The van der Waals surface area contributed by atoms with E-state index in [-0.39, 0.29) is 18.1 Å². The maximum Gasteiger partial charge on any atom is 0.332 e. The minimum atomic E-state index is -0.921. The number of carboxylic acid groups (broad SMARTS) is 1. The van der Waals surface area contributed by atoms with Crippen molar-refractivity contribution in [3.63, 3.8) is 0 Å². The van der Waals surface area contributed by atoms with Crippen molar-refractivity contribution in [3.8, 4) is 0 Å². The molecule has 4 unspecified atom stereocenters. The highest BCUT2D eigenvalue weighted by molar-refractivity contribution is 5.82. The van der Waals surface area contributed by atoms with E-state index in [1.54, 1.807) is 0 Å². The summed E-state index contributed by atoms with van der Waals surface area (Å²) in [5.74, 6) is -0.585. The maximum atomic E-state index is 11.9. The van der Waals surface area contributed by atoms with Crippen LogP contribution in [0.15, 0.2) is 0 Å². The first-order valence-corrected chi connectivity index (χ1v) is 6.47. The molecule has 2 aliphatic rings. The van der Waals surface area contributed by atoms with Crippen LogP contribution in [0.2, 0.25) is 0 Å². The zero-order valence-electron chi connectivity index (χ0n) is 10.5. The number of nitrogens with one attached hydrogen (secondary N) is 2.